The molecule has 5 N–H and O–H groups in total. The van der Waals surface area contributed by atoms with Gasteiger partial charge in [-0.3, -0.25) is 0 Å². The summed E-state index contributed by atoms with van der Waals surface area (Å²) in [5.74, 6) is 0.195. The van der Waals surface area contributed by atoms with Crippen molar-refractivity contribution in [3.63, 3.8) is 0 Å². The van der Waals surface area contributed by atoms with Gasteiger partial charge in [0.1, 0.15) is 5.75 Å². The number of nitrogens with two attached hydrogens (primary N) is 2. The summed E-state index contributed by atoms with van der Waals surface area (Å²) in [5, 5.41) is 9.06. The Kier molecular flexibility index (Phi) is 2.55. The van der Waals surface area contributed by atoms with E-state index in [1.165, 1.54) is 6.07 Å². The van der Waals surface area contributed by atoms with E-state index >= 15 is 0 Å². The molecule has 0 aliphatic rings. The van der Waals surface area contributed by atoms with Gasteiger partial charge in [-0.15, -0.1) is 0 Å². The molecule has 0 bridgehead atoms. The van der Waals surface area contributed by atoms with Crippen LogP contribution in [0.15, 0.2) is 18.2 Å². The Labute approximate surface area is 72.0 Å². The maximum absolute atomic E-state index is 9.06. The molecule has 3 nitrogen and oxygen atoms in total. The molecular weight excluding hydrogens is 152 g/mol. The Balaban J connectivity index is 2.86. The van der Waals surface area contributed by atoms with Crippen molar-refractivity contribution in [2.45, 2.75) is 19.4 Å². The molecule has 0 aromatic heterocycles. The molecule has 1 aromatic rings. The van der Waals surface area contributed by atoms with Crippen LogP contribution in [0.25, 0.3) is 0 Å². The third kappa shape index (κ3) is 2.13. The van der Waals surface area contributed by atoms with E-state index in [-0.39, 0.29) is 11.8 Å². The Hall–Kier alpha value is -1.22. The first kappa shape index (κ1) is 8.87. The van der Waals surface area contributed by atoms with Crippen molar-refractivity contribution in [2.75, 3.05) is 5.73 Å². The van der Waals surface area contributed by atoms with Crippen LogP contribution < -0.4 is 11.5 Å². The zero-order valence-electron chi connectivity index (χ0n) is 7.12. The number of hydrogen-bond donors (Lipinski definition) is 3. The van der Waals surface area contributed by atoms with Gasteiger partial charge in [-0.05, 0) is 25.0 Å². The molecule has 0 saturated carbocycles. The Morgan fingerprint density at radius 2 is 2.17 bits per heavy atom. The number of phenolic OH excluding ortho intramolecular Hbond substituents is 1. The number of anilines is 1. The summed E-state index contributed by atoms with van der Waals surface area (Å²) in [4.78, 5) is 0. The largest absolute Gasteiger partial charge is 0.508 e. The molecular formula is C9H14N2O. The molecule has 0 aliphatic heterocycles. The summed E-state index contributed by atoms with van der Waals surface area (Å²) in [6.07, 6.45) is 0.742. The summed E-state index contributed by atoms with van der Waals surface area (Å²) < 4.78 is 0. The minimum atomic E-state index is 0.0943. The van der Waals surface area contributed by atoms with Crippen molar-refractivity contribution >= 4 is 5.69 Å². The van der Waals surface area contributed by atoms with Gasteiger partial charge in [-0.1, -0.05) is 6.07 Å². The van der Waals surface area contributed by atoms with Crippen LogP contribution in [0.5, 0.6) is 5.75 Å². The van der Waals surface area contributed by atoms with Crippen LogP contribution in [0.4, 0.5) is 5.69 Å². The zero-order chi connectivity index (χ0) is 9.14. The number of phenols is 1. The quantitative estimate of drug-likeness (QED) is 0.571. The Morgan fingerprint density at radius 1 is 1.50 bits per heavy atom. The molecule has 1 aromatic carbocycles. The fourth-order valence-electron chi connectivity index (χ4n) is 1.12. The van der Waals surface area contributed by atoms with Crippen LogP contribution in [-0.4, -0.2) is 11.1 Å². The molecule has 0 saturated heterocycles. The van der Waals surface area contributed by atoms with Crippen molar-refractivity contribution in [1.82, 2.24) is 0 Å². The standard InChI is InChI=1S/C9H14N2O/c1-6(10)4-7-2-3-8(12)5-9(7)11/h2-3,5-6,12H,4,10-11H2,1H3/t6-/m1/s1. The molecule has 3 heteroatoms. The summed E-state index contributed by atoms with van der Waals surface area (Å²) in [7, 11) is 0. The summed E-state index contributed by atoms with van der Waals surface area (Å²) in [6.45, 7) is 1.92. The van der Waals surface area contributed by atoms with Gasteiger partial charge in [0.2, 0.25) is 0 Å². The molecule has 0 aliphatic carbocycles. The highest BCUT2D eigenvalue weighted by atomic mass is 16.3. The minimum absolute atomic E-state index is 0.0943. The normalized spacial score (nSPS) is 12.8. The van der Waals surface area contributed by atoms with Gasteiger partial charge >= 0.3 is 0 Å². The number of aromatic hydroxyl groups is 1. The second-order valence-corrected chi connectivity index (χ2v) is 3.06. The van der Waals surface area contributed by atoms with Crippen molar-refractivity contribution in [3.8, 4) is 5.75 Å². The van der Waals surface area contributed by atoms with Gasteiger partial charge in [0.25, 0.3) is 0 Å². The number of benzene rings is 1. The van der Waals surface area contributed by atoms with E-state index in [9.17, 15) is 0 Å². The summed E-state index contributed by atoms with van der Waals surface area (Å²) >= 11 is 0. The van der Waals surface area contributed by atoms with Gasteiger partial charge in [0, 0.05) is 17.8 Å². The van der Waals surface area contributed by atoms with Crippen molar-refractivity contribution in [3.05, 3.63) is 23.8 Å². The smallest absolute Gasteiger partial charge is 0.117 e. The maximum Gasteiger partial charge on any atom is 0.117 e. The molecule has 12 heavy (non-hydrogen) atoms. The Morgan fingerprint density at radius 3 is 2.67 bits per heavy atom. The lowest BCUT2D eigenvalue weighted by Gasteiger charge is -2.08. The first-order valence-electron chi connectivity index (χ1n) is 3.92. The summed E-state index contributed by atoms with van der Waals surface area (Å²) in [6, 6.07) is 5.05. The van der Waals surface area contributed by atoms with Gasteiger partial charge < -0.3 is 16.6 Å². The van der Waals surface area contributed by atoms with E-state index < -0.39 is 0 Å². The number of nitrogen functional groups attached to an aromatic ring is 1. The predicted octanol–water partition coefficient (Wildman–Crippen LogP) is 0.864. The minimum Gasteiger partial charge on any atom is -0.508 e. The third-order valence-electron chi connectivity index (χ3n) is 1.67. The maximum atomic E-state index is 9.06. The van der Waals surface area contributed by atoms with Gasteiger partial charge in [-0.25, -0.2) is 0 Å². The van der Waals surface area contributed by atoms with E-state index in [4.69, 9.17) is 16.6 Å². The molecule has 0 radical (unpaired) electrons. The Bertz CT molecular complexity index is 271. The second kappa shape index (κ2) is 3.45. The van der Waals surface area contributed by atoms with E-state index in [2.05, 4.69) is 0 Å². The van der Waals surface area contributed by atoms with Crippen molar-refractivity contribution in [2.24, 2.45) is 5.73 Å². The van der Waals surface area contributed by atoms with E-state index in [1.807, 2.05) is 6.92 Å². The lowest BCUT2D eigenvalue weighted by molar-refractivity contribution is 0.475. The van der Waals surface area contributed by atoms with Crippen LogP contribution >= 0.6 is 0 Å². The zero-order valence-corrected chi connectivity index (χ0v) is 7.12. The van der Waals surface area contributed by atoms with E-state index in [1.54, 1.807) is 12.1 Å². The average Bonchev–Trinajstić information content (AvgIpc) is 1.94. The number of rotatable bonds is 2. The highest BCUT2D eigenvalue weighted by Gasteiger charge is 2.02. The van der Waals surface area contributed by atoms with Crippen LogP contribution in [0.1, 0.15) is 12.5 Å². The van der Waals surface area contributed by atoms with Gasteiger partial charge in [-0.2, -0.15) is 0 Å². The lowest BCUT2D eigenvalue weighted by atomic mass is 10.1. The first-order valence-corrected chi connectivity index (χ1v) is 3.92. The van der Waals surface area contributed by atoms with Crippen LogP contribution in [0.3, 0.4) is 0 Å². The van der Waals surface area contributed by atoms with Crippen molar-refractivity contribution in [1.29, 1.82) is 0 Å². The number of hydrogen-bond acceptors (Lipinski definition) is 3. The predicted molar refractivity (Wildman–Crippen MR) is 49.9 cm³/mol. The van der Waals surface area contributed by atoms with Crippen LogP contribution in [0, 0.1) is 0 Å². The average molecular weight is 166 g/mol. The first-order chi connectivity index (χ1) is 5.59. The van der Waals surface area contributed by atoms with E-state index in [0.29, 0.717) is 5.69 Å². The molecule has 1 atom stereocenters. The fraction of sp³-hybridized carbons (Fsp3) is 0.333. The van der Waals surface area contributed by atoms with Crippen LogP contribution in [0.2, 0.25) is 0 Å². The fourth-order valence-corrected chi connectivity index (χ4v) is 1.12. The lowest BCUT2D eigenvalue weighted by Crippen LogP contribution is -2.18. The van der Waals surface area contributed by atoms with Crippen molar-refractivity contribution < 1.29 is 5.11 Å². The molecule has 1 rings (SSSR count). The topological polar surface area (TPSA) is 72.3 Å². The highest BCUT2D eigenvalue weighted by Crippen LogP contribution is 2.19. The molecule has 0 fully saturated rings. The third-order valence-corrected chi connectivity index (χ3v) is 1.67. The molecule has 0 spiro atoms. The van der Waals surface area contributed by atoms with Gasteiger partial charge in [0.05, 0.1) is 0 Å². The second-order valence-electron chi connectivity index (χ2n) is 3.06. The van der Waals surface area contributed by atoms with Gasteiger partial charge in [0.15, 0.2) is 0 Å². The monoisotopic (exact) mass is 166 g/mol. The molecule has 0 unspecified atom stereocenters. The highest BCUT2D eigenvalue weighted by molar-refractivity contribution is 5.51. The molecule has 0 amide bonds. The van der Waals surface area contributed by atoms with E-state index in [0.717, 1.165) is 12.0 Å². The SMILES string of the molecule is C[C@@H](N)Cc1ccc(O)cc1N. The molecule has 66 valence electrons. The molecule has 0 heterocycles. The summed E-state index contributed by atoms with van der Waals surface area (Å²) in [5.41, 5.74) is 12.9. The van der Waals surface area contributed by atoms with Crippen LogP contribution in [-0.2, 0) is 6.42 Å².